The van der Waals surface area contributed by atoms with Crippen LogP contribution in [0.1, 0.15) is 50.9 Å². The number of ether oxygens (including phenoxy) is 3. The Labute approximate surface area is 194 Å². The Hall–Kier alpha value is -3.55. The summed E-state index contributed by atoms with van der Waals surface area (Å²) in [4.78, 5) is 12.7. The first kappa shape index (κ1) is 24.1. The summed E-state index contributed by atoms with van der Waals surface area (Å²) in [5, 5.41) is 10.6. The molecule has 0 bridgehead atoms. The summed E-state index contributed by atoms with van der Waals surface area (Å²) in [7, 11) is 0. The second kappa shape index (κ2) is 11.9. The van der Waals surface area contributed by atoms with Crippen molar-refractivity contribution in [2.75, 3.05) is 25.1 Å². The molecule has 0 saturated carbocycles. The molecule has 3 aromatic rings. The fourth-order valence-corrected chi connectivity index (χ4v) is 2.92. The lowest BCUT2D eigenvalue weighted by Crippen LogP contribution is -2.13. The molecular formula is C25H31N3O5. The minimum absolute atomic E-state index is 0.226. The average molecular weight is 454 g/mol. The van der Waals surface area contributed by atoms with E-state index in [-0.39, 0.29) is 11.7 Å². The van der Waals surface area contributed by atoms with E-state index >= 15 is 0 Å². The first-order valence-corrected chi connectivity index (χ1v) is 11.3. The van der Waals surface area contributed by atoms with Crippen LogP contribution in [0.3, 0.4) is 0 Å². The zero-order chi connectivity index (χ0) is 23.6. The molecule has 8 heteroatoms. The number of hydrogen-bond acceptors (Lipinski definition) is 7. The highest BCUT2D eigenvalue weighted by molar-refractivity contribution is 6.05. The van der Waals surface area contributed by atoms with Crippen LogP contribution in [-0.4, -0.2) is 36.0 Å². The van der Waals surface area contributed by atoms with Crippen LogP contribution in [0.25, 0.3) is 11.3 Å². The second-order valence-electron chi connectivity index (χ2n) is 8.00. The maximum absolute atomic E-state index is 12.7. The molecule has 0 aliphatic rings. The molecule has 1 N–H and O–H groups in total. The van der Waals surface area contributed by atoms with Gasteiger partial charge in [-0.3, -0.25) is 4.79 Å². The van der Waals surface area contributed by atoms with E-state index in [0.717, 1.165) is 12.8 Å². The highest BCUT2D eigenvalue weighted by Crippen LogP contribution is 2.34. The molecule has 1 amide bonds. The van der Waals surface area contributed by atoms with E-state index in [0.29, 0.717) is 59.8 Å². The van der Waals surface area contributed by atoms with Crippen LogP contribution in [0.5, 0.6) is 17.2 Å². The average Bonchev–Trinajstić information content (AvgIpc) is 3.28. The van der Waals surface area contributed by atoms with Crippen molar-refractivity contribution in [3.05, 3.63) is 48.0 Å². The lowest BCUT2D eigenvalue weighted by atomic mass is 10.1. The van der Waals surface area contributed by atoms with Crippen molar-refractivity contribution < 1.29 is 23.6 Å². The van der Waals surface area contributed by atoms with Crippen molar-refractivity contribution in [1.82, 2.24) is 10.3 Å². The van der Waals surface area contributed by atoms with E-state index in [2.05, 4.69) is 29.5 Å². The van der Waals surface area contributed by atoms with Gasteiger partial charge in [-0.15, -0.1) is 0 Å². The van der Waals surface area contributed by atoms with Gasteiger partial charge < -0.3 is 19.5 Å². The topological polar surface area (TPSA) is 95.7 Å². The maximum atomic E-state index is 12.7. The van der Waals surface area contributed by atoms with Crippen LogP contribution >= 0.6 is 0 Å². The fourth-order valence-electron chi connectivity index (χ4n) is 2.92. The van der Waals surface area contributed by atoms with E-state index in [9.17, 15) is 4.79 Å². The molecule has 0 atom stereocenters. The first-order valence-electron chi connectivity index (χ1n) is 11.3. The number of aromatic nitrogens is 2. The highest BCUT2D eigenvalue weighted by atomic mass is 16.6. The third kappa shape index (κ3) is 6.71. The van der Waals surface area contributed by atoms with E-state index in [1.54, 1.807) is 24.3 Å². The van der Waals surface area contributed by atoms with Crippen molar-refractivity contribution in [3.8, 4) is 28.5 Å². The van der Waals surface area contributed by atoms with Crippen LogP contribution < -0.4 is 19.5 Å². The fraction of sp³-hybridized carbons (Fsp3) is 0.400. The van der Waals surface area contributed by atoms with Crippen molar-refractivity contribution >= 4 is 11.7 Å². The van der Waals surface area contributed by atoms with Crippen LogP contribution in [0, 0.1) is 5.92 Å². The maximum Gasteiger partial charge on any atom is 0.256 e. The third-order valence-corrected chi connectivity index (χ3v) is 4.56. The van der Waals surface area contributed by atoms with Gasteiger partial charge in [0, 0.05) is 11.1 Å². The predicted octanol–water partition coefficient (Wildman–Crippen LogP) is 5.60. The number of hydrogen-bond donors (Lipinski definition) is 1. The molecule has 0 saturated heterocycles. The lowest BCUT2D eigenvalue weighted by Gasteiger charge is -2.13. The summed E-state index contributed by atoms with van der Waals surface area (Å²) < 4.78 is 22.2. The highest BCUT2D eigenvalue weighted by Gasteiger charge is 2.18. The molecule has 1 heterocycles. The molecule has 1 aromatic heterocycles. The Morgan fingerprint density at radius 3 is 2.30 bits per heavy atom. The molecule has 0 aliphatic carbocycles. The molecule has 0 fully saturated rings. The van der Waals surface area contributed by atoms with Gasteiger partial charge in [0.2, 0.25) is 5.82 Å². The van der Waals surface area contributed by atoms with Gasteiger partial charge in [-0.05, 0) is 71.5 Å². The number of nitrogens with zero attached hydrogens (tertiary/aromatic N) is 2. The third-order valence-electron chi connectivity index (χ3n) is 4.56. The van der Waals surface area contributed by atoms with Gasteiger partial charge in [-0.1, -0.05) is 27.7 Å². The Balaban J connectivity index is 1.75. The molecule has 2 aromatic carbocycles. The Kier molecular flexibility index (Phi) is 8.69. The minimum atomic E-state index is -0.326. The minimum Gasteiger partial charge on any atom is -0.493 e. The second-order valence-corrected chi connectivity index (χ2v) is 8.00. The van der Waals surface area contributed by atoms with Gasteiger partial charge in [-0.2, -0.15) is 0 Å². The molecule has 0 radical (unpaired) electrons. The lowest BCUT2D eigenvalue weighted by molar-refractivity contribution is 0.102. The van der Waals surface area contributed by atoms with Gasteiger partial charge in [0.05, 0.1) is 19.8 Å². The number of amides is 1. The molecule has 0 spiro atoms. The predicted molar refractivity (Wildman–Crippen MR) is 126 cm³/mol. The summed E-state index contributed by atoms with van der Waals surface area (Å²) in [5.74, 6) is 2.31. The molecular weight excluding hydrogens is 422 g/mol. The Morgan fingerprint density at radius 2 is 1.64 bits per heavy atom. The normalized spacial score (nSPS) is 10.8. The van der Waals surface area contributed by atoms with Gasteiger partial charge in [0.1, 0.15) is 5.75 Å². The summed E-state index contributed by atoms with van der Waals surface area (Å²) in [5.41, 5.74) is 1.57. The molecule has 3 rings (SSSR count). The summed E-state index contributed by atoms with van der Waals surface area (Å²) >= 11 is 0. The number of rotatable bonds is 12. The zero-order valence-corrected chi connectivity index (χ0v) is 19.6. The summed E-state index contributed by atoms with van der Waals surface area (Å²) in [6.07, 6.45) is 1.76. The van der Waals surface area contributed by atoms with Crippen molar-refractivity contribution in [1.29, 1.82) is 0 Å². The van der Waals surface area contributed by atoms with Crippen LogP contribution in [0.4, 0.5) is 5.82 Å². The molecule has 0 aliphatic heterocycles. The van der Waals surface area contributed by atoms with Crippen molar-refractivity contribution in [2.45, 2.75) is 40.5 Å². The van der Waals surface area contributed by atoms with Crippen molar-refractivity contribution in [3.63, 3.8) is 0 Å². The number of nitrogens with one attached hydrogen (secondary N) is 1. The molecule has 8 nitrogen and oxygen atoms in total. The largest absolute Gasteiger partial charge is 0.493 e. The Bertz CT molecular complexity index is 1030. The van der Waals surface area contributed by atoms with Gasteiger partial charge in [0.25, 0.3) is 5.91 Å². The first-order chi connectivity index (χ1) is 16.0. The zero-order valence-electron chi connectivity index (χ0n) is 19.6. The number of benzene rings is 2. The standard InChI is InChI=1S/C25H31N3O5/c1-5-13-30-21-12-9-19(15-22(21)31-14-6-2)23-24(28-33-27-23)26-25(29)18-7-10-20(11-8-18)32-16-17(3)4/h7-12,15,17H,5-6,13-14,16H2,1-4H3,(H,26,28,29). The summed E-state index contributed by atoms with van der Waals surface area (Å²) in [6, 6.07) is 12.4. The number of carbonyl (C=O) groups excluding carboxylic acids is 1. The monoisotopic (exact) mass is 453 g/mol. The van der Waals surface area contributed by atoms with Gasteiger partial charge in [0.15, 0.2) is 17.2 Å². The van der Waals surface area contributed by atoms with Crippen LogP contribution in [-0.2, 0) is 0 Å². The van der Waals surface area contributed by atoms with Crippen LogP contribution in [0.15, 0.2) is 47.1 Å². The molecule has 33 heavy (non-hydrogen) atoms. The van der Waals surface area contributed by atoms with Crippen molar-refractivity contribution in [2.24, 2.45) is 5.92 Å². The number of anilines is 1. The van der Waals surface area contributed by atoms with Crippen LogP contribution in [0.2, 0.25) is 0 Å². The van der Waals surface area contributed by atoms with E-state index in [1.165, 1.54) is 0 Å². The SMILES string of the molecule is CCCOc1ccc(-c2nonc2NC(=O)c2ccc(OCC(C)C)cc2)cc1OCCC. The van der Waals surface area contributed by atoms with E-state index in [1.807, 2.05) is 32.0 Å². The molecule has 176 valence electrons. The van der Waals surface area contributed by atoms with E-state index in [4.69, 9.17) is 18.8 Å². The number of carbonyl (C=O) groups is 1. The quantitative estimate of drug-likeness (QED) is 0.381. The Morgan fingerprint density at radius 1 is 0.939 bits per heavy atom. The smallest absolute Gasteiger partial charge is 0.256 e. The van der Waals surface area contributed by atoms with Gasteiger partial charge >= 0.3 is 0 Å². The summed E-state index contributed by atoms with van der Waals surface area (Å²) in [6.45, 7) is 10.0. The van der Waals surface area contributed by atoms with Gasteiger partial charge in [-0.25, -0.2) is 4.63 Å². The molecule has 0 unspecified atom stereocenters. The van der Waals surface area contributed by atoms with E-state index < -0.39 is 0 Å².